The Bertz CT molecular complexity index is 1010. The molecule has 3 heterocycles. The second-order valence-corrected chi connectivity index (χ2v) is 7.97. The van der Waals surface area contributed by atoms with Crippen LogP contribution in [0, 0.1) is 13.8 Å². The fraction of sp³-hybridized carbons (Fsp3) is 0.333. The molecule has 0 amide bonds. The molecule has 3 aromatic rings. The Morgan fingerprint density at radius 1 is 1.07 bits per heavy atom. The molecular weight excluding hydrogens is 376 g/mol. The highest BCUT2D eigenvalue weighted by Crippen LogP contribution is 2.43. The van der Waals surface area contributed by atoms with Gasteiger partial charge in [0.2, 0.25) is 0 Å². The summed E-state index contributed by atoms with van der Waals surface area (Å²) in [4.78, 5) is 6.91. The van der Waals surface area contributed by atoms with Crippen molar-refractivity contribution in [1.29, 1.82) is 0 Å². The van der Waals surface area contributed by atoms with Crippen LogP contribution in [0.5, 0.6) is 0 Å². The largest absolute Gasteiger partial charge is 0.351 e. The van der Waals surface area contributed by atoms with Crippen molar-refractivity contribution in [2.45, 2.75) is 52.7 Å². The molecule has 1 saturated heterocycles. The Labute approximate surface area is 178 Å². The third-order valence-electron chi connectivity index (χ3n) is 5.97. The Kier molecular flexibility index (Phi) is 5.41. The van der Waals surface area contributed by atoms with Crippen LogP contribution >= 0.6 is 12.2 Å². The Morgan fingerprint density at radius 3 is 2.41 bits per heavy atom. The maximum Gasteiger partial charge on any atom is 0.174 e. The molecule has 0 saturated carbocycles. The fourth-order valence-corrected chi connectivity index (χ4v) is 4.80. The maximum absolute atomic E-state index is 5.83. The normalized spacial score (nSPS) is 18.9. The predicted octanol–water partition coefficient (Wildman–Crippen LogP) is 5.26. The summed E-state index contributed by atoms with van der Waals surface area (Å²) in [7, 11) is 0. The monoisotopic (exact) mass is 404 g/mol. The highest BCUT2D eigenvalue weighted by Gasteiger charge is 2.42. The average molecular weight is 405 g/mol. The quantitative estimate of drug-likeness (QED) is 0.588. The Morgan fingerprint density at radius 2 is 1.83 bits per heavy atom. The summed E-state index contributed by atoms with van der Waals surface area (Å²) in [6, 6.07) is 17.2. The molecule has 2 aromatic heterocycles. The van der Waals surface area contributed by atoms with E-state index in [2.05, 4.69) is 83.9 Å². The van der Waals surface area contributed by atoms with E-state index < -0.39 is 0 Å². The molecule has 0 radical (unpaired) electrons. The van der Waals surface area contributed by atoms with Gasteiger partial charge in [-0.2, -0.15) is 0 Å². The number of hydrogen-bond acceptors (Lipinski definition) is 2. The summed E-state index contributed by atoms with van der Waals surface area (Å²) in [5.74, 6) is 0. The van der Waals surface area contributed by atoms with Gasteiger partial charge < -0.3 is 14.8 Å². The fourth-order valence-electron chi connectivity index (χ4n) is 4.46. The van der Waals surface area contributed by atoms with Crippen LogP contribution in [0.25, 0.3) is 0 Å². The summed E-state index contributed by atoms with van der Waals surface area (Å²) in [5, 5.41) is 4.30. The van der Waals surface area contributed by atoms with Crippen LogP contribution in [0.1, 0.15) is 54.1 Å². The third-order valence-corrected chi connectivity index (χ3v) is 6.28. The van der Waals surface area contributed by atoms with Crippen molar-refractivity contribution < 1.29 is 0 Å². The van der Waals surface area contributed by atoms with Crippen molar-refractivity contribution >= 4 is 23.0 Å². The summed E-state index contributed by atoms with van der Waals surface area (Å²) >= 11 is 5.83. The molecule has 1 aromatic carbocycles. The van der Waals surface area contributed by atoms with Crippen LogP contribution in [0.4, 0.5) is 5.69 Å². The first-order chi connectivity index (χ1) is 14.0. The lowest BCUT2D eigenvalue weighted by Gasteiger charge is -2.28. The summed E-state index contributed by atoms with van der Waals surface area (Å²) in [5.41, 5.74) is 7.32. The smallest absolute Gasteiger partial charge is 0.174 e. The van der Waals surface area contributed by atoms with E-state index in [0.29, 0.717) is 0 Å². The SMILES string of the molecule is CCc1ccc(N2C(=S)N[C@H](c3ccccn3)[C@H]2c2cc(C)n(CC)c2C)cc1. The third kappa shape index (κ3) is 3.44. The zero-order chi connectivity index (χ0) is 20.5. The summed E-state index contributed by atoms with van der Waals surface area (Å²) in [6.07, 6.45) is 2.88. The number of nitrogens with one attached hydrogen (secondary N) is 1. The molecule has 1 aliphatic heterocycles. The van der Waals surface area contributed by atoms with Gasteiger partial charge >= 0.3 is 0 Å². The molecular formula is C24H28N4S. The van der Waals surface area contributed by atoms with Gasteiger partial charge in [0.1, 0.15) is 0 Å². The molecule has 4 nitrogen and oxygen atoms in total. The molecule has 5 heteroatoms. The first kappa shape index (κ1) is 19.6. The van der Waals surface area contributed by atoms with Crippen molar-refractivity contribution in [1.82, 2.24) is 14.9 Å². The van der Waals surface area contributed by atoms with Crippen LogP contribution in [0.3, 0.4) is 0 Å². The van der Waals surface area contributed by atoms with E-state index in [-0.39, 0.29) is 12.1 Å². The second-order valence-electron chi connectivity index (χ2n) is 7.59. The van der Waals surface area contributed by atoms with Gasteiger partial charge in [0.05, 0.1) is 17.8 Å². The molecule has 0 bridgehead atoms. The first-order valence-corrected chi connectivity index (χ1v) is 10.7. The Hall–Kier alpha value is -2.66. The van der Waals surface area contributed by atoms with E-state index in [1.807, 2.05) is 18.3 Å². The minimum Gasteiger partial charge on any atom is -0.351 e. The van der Waals surface area contributed by atoms with Gasteiger partial charge in [-0.15, -0.1) is 0 Å². The van der Waals surface area contributed by atoms with Gasteiger partial charge in [0.15, 0.2) is 5.11 Å². The van der Waals surface area contributed by atoms with Crippen LogP contribution < -0.4 is 10.2 Å². The summed E-state index contributed by atoms with van der Waals surface area (Å²) in [6.45, 7) is 9.72. The van der Waals surface area contributed by atoms with E-state index >= 15 is 0 Å². The molecule has 4 rings (SSSR count). The van der Waals surface area contributed by atoms with Crippen LogP contribution in [0.2, 0.25) is 0 Å². The number of thiocarbonyl (C=S) groups is 1. The lowest BCUT2D eigenvalue weighted by Crippen LogP contribution is -2.29. The average Bonchev–Trinajstić information content (AvgIpc) is 3.24. The minimum atomic E-state index is 0.000331. The van der Waals surface area contributed by atoms with Crippen molar-refractivity contribution in [3.05, 3.63) is 82.9 Å². The van der Waals surface area contributed by atoms with Crippen LogP contribution in [-0.2, 0) is 13.0 Å². The van der Waals surface area contributed by atoms with Crippen molar-refractivity contribution in [2.24, 2.45) is 0 Å². The van der Waals surface area contributed by atoms with E-state index in [9.17, 15) is 0 Å². The molecule has 0 spiro atoms. The minimum absolute atomic E-state index is 0.000331. The number of aromatic nitrogens is 2. The van der Waals surface area contributed by atoms with Gasteiger partial charge in [-0.25, -0.2) is 0 Å². The van der Waals surface area contributed by atoms with E-state index in [1.165, 1.54) is 22.5 Å². The van der Waals surface area contributed by atoms with Crippen molar-refractivity contribution in [3.63, 3.8) is 0 Å². The standard InChI is InChI=1S/C24H28N4S/c1-5-18-10-12-19(13-11-18)28-23(20-15-16(3)27(6-2)17(20)4)22(26-24(28)29)21-9-7-8-14-25-21/h7-15,22-23H,5-6H2,1-4H3,(H,26,29)/t22-,23-/m1/s1. The number of rotatable bonds is 5. The number of nitrogens with zero attached hydrogens (tertiary/aromatic N) is 3. The highest BCUT2D eigenvalue weighted by atomic mass is 32.1. The molecule has 29 heavy (non-hydrogen) atoms. The van der Waals surface area contributed by atoms with Crippen molar-refractivity contribution in [3.8, 4) is 0 Å². The molecule has 0 aliphatic carbocycles. The van der Waals surface area contributed by atoms with E-state index in [0.717, 1.165) is 29.5 Å². The van der Waals surface area contributed by atoms with Gasteiger partial charge in [0, 0.05) is 29.8 Å². The topological polar surface area (TPSA) is 33.1 Å². The lowest BCUT2D eigenvalue weighted by molar-refractivity contribution is 0.563. The Balaban J connectivity index is 1.85. The van der Waals surface area contributed by atoms with Gasteiger partial charge in [0.25, 0.3) is 0 Å². The number of anilines is 1. The number of hydrogen-bond donors (Lipinski definition) is 1. The maximum atomic E-state index is 5.83. The van der Waals surface area contributed by atoms with Crippen molar-refractivity contribution in [2.75, 3.05) is 4.90 Å². The highest BCUT2D eigenvalue weighted by molar-refractivity contribution is 7.80. The molecule has 150 valence electrons. The molecule has 1 N–H and O–H groups in total. The number of benzene rings is 1. The zero-order valence-corrected chi connectivity index (χ0v) is 18.3. The van der Waals surface area contributed by atoms with E-state index in [1.54, 1.807) is 0 Å². The van der Waals surface area contributed by atoms with Gasteiger partial charge in [-0.1, -0.05) is 25.1 Å². The summed E-state index contributed by atoms with van der Waals surface area (Å²) < 4.78 is 2.37. The molecule has 1 aliphatic rings. The first-order valence-electron chi connectivity index (χ1n) is 10.3. The van der Waals surface area contributed by atoms with Gasteiger partial charge in [-0.3, -0.25) is 4.98 Å². The second kappa shape index (κ2) is 7.99. The zero-order valence-electron chi connectivity index (χ0n) is 17.5. The molecule has 1 fully saturated rings. The number of aryl methyl sites for hydroxylation is 2. The molecule has 0 unspecified atom stereocenters. The van der Waals surface area contributed by atoms with Crippen LogP contribution in [-0.4, -0.2) is 14.7 Å². The lowest BCUT2D eigenvalue weighted by atomic mass is 9.96. The molecule has 2 atom stereocenters. The van der Waals surface area contributed by atoms with Gasteiger partial charge in [-0.05, 0) is 80.9 Å². The predicted molar refractivity (Wildman–Crippen MR) is 123 cm³/mol. The number of pyridine rings is 1. The van der Waals surface area contributed by atoms with E-state index in [4.69, 9.17) is 12.2 Å². The van der Waals surface area contributed by atoms with Crippen LogP contribution in [0.15, 0.2) is 54.7 Å².